The largest absolute Gasteiger partial charge is 0.384 e. The average molecular weight is 185 g/mol. The molecule has 0 saturated heterocycles. The van der Waals surface area contributed by atoms with Crippen molar-refractivity contribution in [2.24, 2.45) is 11.3 Å². The molecule has 0 atom stereocenters. The van der Waals surface area contributed by atoms with Gasteiger partial charge in [0.25, 0.3) is 0 Å². The molecule has 1 rings (SSSR count). The van der Waals surface area contributed by atoms with Crippen LogP contribution in [0.1, 0.15) is 26.7 Å². The Morgan fingerprint density at radius 1 is 1.54 bits per heavy atom. The Morgan fingerprint density at radius 2 is 2.15 bits per heavy atom. The van der Waals surface area contributed by atoms with Crippen molar-refractivity contribution < 1.29 is 9.53 Å². The second-order valence-electron chi connectivity index (χ2n) is 4.31. The summed E-state index contributed by atoms with van der Waals surface area (Å²) in [6.45, 7) is 5.36. The molecule has 13 heavy (non-hydrogen) atoms. The predicted molar refractivity (Wildman–Crippen MR) is 51.4 cm³/mol. The standard InChI is InChI=1S/C10H19NO2/c1-8(2)9(12)11-6-10(4-5-10)7-13-3/h8H,4-7H2,1-3H3,(H,11,12). The van der Waals surface area contributed by atoms with Crippen LogP contribution in [0.3, 0.4) is 0 Å². The highest BCUT2D eigenvalue weighted by Gasteiger charge is 2.42. The molecule has 0 bridgehead atoms. The van der Waals surface area contributed by atoms with Crippen LogP contribution in [0.25, 0.3) is 0 Å². The first-order valence-corrected chi connectivity index (χ1v) is 4.86. The third kappa shape index (κ3) is 2.99. The molecule has 0 spiro atoms. The van der Waals surface area contributed by atoms with Gasteiger partial charge in [-0.25, -0.2) is 0 Å². The van der Waals surface area contributed by atoms with E-state index >= 15 is 0 Å². The molecule has 76 valence electrons. The molecule has 0 aromatic heterocycles. The number of nitrogens with one attached hydrogen (secondary N) is 1. The summed E-state index contributed by atoms with van der Waals surface area (Å²) < 4.78 is 5.11. The summed E-state index contributed by atoms with van der Waals surface area (Å²) in [5.74, 6) is 0.223. The molecule has 0 heterocycles. The van der Waals surface area contributed by atoms with E-state index in [1.807, 2.05) is 13.8 Å². The van der Waals surface area contributed by atoms with Gasteiger partial charge in [-0.2, -0.15) is 0 Å². The third-order valence-corrected chi connectivity index (χ3v) is 2.57. The van der Waals surface area contributed by atoms with Gasteiger partial charge in [-0.3, -0.25) is 4.79 Å². The van der Waals surface area contributed by atoms with E-state index in [4.69, 9.17) is 4.74 Å². The number of carbonyl (C=O) groups is 1. The Kier molecular flexibility index (Phi) is 3.31. The van der Waals surface area contributed by atoms with Gasteiger partial charge in [0.1, 0.15) is 0 Å². The molecule has 0 aliphatic heterocycles. The number of carbonyl (C=O) groups excluding carboxylic acids is 1. The topological polar surface area (TPSA) is 38.3 Å². The number of rotatable bonds is 5. The molecule has 1 fully saturated rings. The van der Waals surface area contributed by atoms with Crippen molar-refractivity contribution in [3.05, 3.63) is 0 Å². The van der Waals surface area contributed by atoms with Crippen molar-refractivity contribution in [1.82, 2.24) is 5.32 Å². The minimum atomic E-state index is 0.0818. The Labute approximate surface area is 79.8 Å². The smallest absolute Gasteiger partial charge is 0.222 e. The van der Waals surface area contributed by atoms with Gasteiger partial charge in [0.2, 0.25) is 5.91 Å². The van der Waals surface area contributed by atoms with Crippen molar-refractivity contribution in [3.63, 3.8) is 0 Å². The van der Waals surface area contributed by atoms with Crippen LogP contribution in [0.15, 0.2) is 0 Å². The lowest BCUT2D eigenvalue weighted by atomic mass is 10.1. The van der Waals surface area contributed by atoms with E-state index in [1.165, 1.54) is 12.8 Å². The van der Waals surface area contributed by atoms with Crippen LogP contribution in [0.5, 0.6) is 0 Å². The van der Waals surface area contributed by atoms with Gasteiger partial charge in [0.05, 0.1) is 6.61 Å². The first kappa shape index (κ1) is 10.5. The fourth-order valence-corrected chi connectivity index (χ4v) is 1.33. The lowest BCUT2D eigenvalue weighted by molar-refractivity contribution is -0.124. The maximum absolute atomic E-state index is 11.3. The minimum Gasteiger partial charge on any atom is -0.384 e. The lowest BCUT2D eigenvalue weighted by Gasteiger charge is -2.15. The highest BCUT2D eigenvalue weighted by Crippen LogP contribution is 2.44. The molecule has 3 nitrogen and oxygen atoms in total. The van der Waals surface area contributed by atoms with Crippen molar-refractivity contribution in [1.29, 1.82) is 0 Å². The monoisotopic (exact) mass is 185 g/mol. The average Bonchev–Trinajstić information content (AvgIpc) is 2.82. The van der Waals surface area contributed by atoms with Gasteiger partial charge in [0.15, 0.2) is 0 Å². The van der Waals surface area contributed by atoms with Gasteiger partial charge >= 0.3 is 0 Å². The molecule has 1 aliphatic rings. The normalized spacial score (nSPS) is 18.8. The SMILES string of the molecule is COCC1(CNC(=O)C(C)C)CC1. The molecule has 1 aliphatic carbocycles. The first-order valence-electron chi connectivity index (χ1n) is 4.86. The molecule has 0 radical (unpaired) electrons. The second kappa shape index (κ2) is 4.09. The molecule has 1 N–H and O–H groups in total. The molecule has 1 saturated carbocycles. The van der Waals surface area contributed by atoms with Gasteiger partial charge in [-0.05, 0) is 12.8 Å². The third-order valence-electron chi connectivity index (χ3n) is 2.57. The van der Waals surface area contributed by atoms with Crippen LogP contribution in [0.4, 0.5) is 0 Å². The van der Waals surface area contributed by atoms with Gasteiger partial charge in [0, 0.05) is 25.0 Å². The zero-order valence-corrected chi connectivity index (χ0v) is 8.72. The van der Waals surface area contributed by atoms with E-state index in [-0.39, 0.29) is 17.2 Å². The van der Waals surface area contributed by atoms with Crippen LogP contribution >= 0.6 is 0 Å². The number of ether oxygens (including phenoxy) is 1. The maximum Gasteiger partial charge on any atom is 0.222 e. The summed E-state index contributed by atoms with van der Waals surface area (Å²) in [5, 5.41) is 2.95. The van der Waals surface area contributed by atoms with E-state index in [0.717, 1.165) is 13.2 Å². The van der Waals surface area contributed by atoms with E-state index < -0.39 is 0 Å². The fourth-order valence-electron chi connectivity index (χ4n) is 1.33. The number of hydrogen-bond donors (Lipinski definition) is 1. The Balaban J connectivity index is 2.22. The summed E-state index contributed by atoms with van der Waals surface area (Å²) in [6, 6.07) is 0. The van der Waals surface area contributed by atoms with E-state index in [2.05, 4.69) is 5.32 Å². The summed E-state index contributed by atoms with van der Waals surface area (Å²) in [7, 11) is 1.71. The summed E-state index contributed by atoms with van der Waals surface area (Å²) in [4.78, 5) is 11.3. The summed E-state index contributed by atoms with van der Waals surface area (Å²) in [5.41, 5.74) is 0.263. The molecule has 3 heteroatoms. The molecule has 0 aromatic carbocycles. The fraction of sp³-hybridized carbons (Fsp3) is 0.900. The van der Waals surface area contributed by atoms with Crippen molar-refractivity contribution in [2.75, 3.05) is 20.3 Å². The number of amides is 1. The second-order valence-corrected chi connectivity index (χ2v) is 4.31. The van der Waals surface area contributed by atoms with Crippen molar-refractivity contribution >= 4 is 5.91 Å². The van der Waals surface area contributed by atoms with E-state index in [9.17, 15) is 4.79 Å². The Hall–Kier alpha value is -0.570. The molecule has 0 aromatic rings. The predicted octanol–water partition coefficient (Wildman–Crippen LogP) is 1.19. The Bertz CT molecular complexity index is 185. The van der Waals surface area contributed by atoms with Crippen molar-refractivity contribution in [3.8, 4) is 0 Å². The quantitative estimate of drug-likeness (QED) is 0.698. The van der Waals surface area contributed by atoms with E-state index in [1.54, 1.807) is 7.11 Å². The van der Waals surface area contributed by atoms with Gasteiger partial charge in [-0.15, -0.1) is 0 Å². The van der Waals surface area contributed by atoms with Gasteiger partial charge in [-0.1, -0.05) is 13.8 Å². The highest BCUT2D eigenvalue weighted by molar-refractivity contribution is 5.77. The minimum absolute atomic E-state index is 0.0818. The Morgan fingerprint density at radius 3 is 2.54 bits per heavy atom. The van der Waals surface area contributed by atoms with Gasteiger partial charge < -0.3 is 10.1 Å². The molecule has 0 unspecified atom stereocenters. The van der Waals surface area contributed by atoms with Crippen molar-refractivity contribution in [2.45, 2.75) is 26.7 Å². The summed E-state index contributed by atoms with van der Waals surface area (Å²) in [6.07, 6.45) is 2.36. The zero-order chi connectivity index (χ0) is 9.90. The number of hydrogen-bond acceptors (Lipinski definition) is 2. The van der Waals surface area contributed by atoms with Crippen LogP contribution in [0, 0.1) is 11.3 Å². The van der Waals surface area contributed by atoms with Crippen LogP contribution in [-0.4, -0.2) is 26.2 Å². The van der Waals surface area contributed by atoms with Crippen LogP contribution in [-0.2, 0) is 9.53 Å². The molecular weight excluding hydrogens is 166 g/mol. The molecule has 1 amide bonds. The van der Waals surface area contributed by atoms with Crippen LogP contribution in [0.2, 0.25) is 0 Å². The maximum atomic E-state index is 11.3. The number of methoxy groups -OCH3 is 1. The zero-order valence-electron chi connectivity index (χ0n) is 8.72. The van der Waals surface area contributed by atoms with E-state index in [0.29, 0.717) is 0 Å². The highest BCUT2D eigenvalue weighted by atomic mass is 16.5. The first-order chi connectivity index (χ1) is 6.09. The molecular formula is C10H19NO2. The van der Waals surface area contributed by atoms with Crippen LogP contribution < -0.4 is 5.32 Å². The lowest BCUT2D eigenvalue weighted by Crippen LogP contribution is -2.34. The summed E-state index contributed by atoms with van der Waals surface area (Å²) >= 11 is 0.